The Morgan fingerprint density at radius 2 is 1.89 bits per heavy atom. The number of hydrogen-bond acceptors (Lipinski definition) is 3. The van der Waals surface area contributed by atoms with Crippen molar-refractivity contribution in [1.82, 2.24) is 15.6 Å². The molecule has 3 N–H and O–H groups in total. The van der Waals surface area contributed by atoms with Crippen molar-refractivity contribution in [2.24, 2.45) is 4.99 Å². The van der Waals surface area contributed by atoms with Gasteiger partial charge in [0.15, 0.2) is 5.96 Å². The number of guanidine groups is 1. The van der Waals surface area contributed by atoms with Crippen LogP contribution in [0.15, 0.2) is 41.4 Å². The molecule has 1 heterocycles. The molecule has 2 aromatic rings. The van der Waals surface area contributed by atoms with E-state index in [2.05, 4.69) is 58.0 Å². The molecule has 0 spiro atoms. The molecule has 0 fully saturated rings. The maximum absolute atomic E-state index is 12.0. The number of aryl methyl sites for hydroxylation is 3. The number of carbonyl (C=O) groups is 1. The Morgan fingerprint density at radius 3 is 2.56 bits per heavy atom. The Kier molecular flexibility index (Phi) is 9.77. The normalized spacial score (nSPS) is 10.7. The van der Waals surface area contributed by atoms with Crippen LogP contribution in [0.5, 0.6) is 0 Å². The van der Waals surface area contributed by atoms with Crippen LogP contribution in [0.4, 0.5) is 5.82 Å². The van der Waals surface area contributed by atoms with Crippen LogP contribution in [0.3, 0.4) is 0 Å². The molecule has 0 unspecified atom stereocenters. The predicted molar refractivity (Wildman–Crippen MR) is 122 cm³/mol. The molecule has 1 aromatic heterocycles. The fourth-order valence-corrected chi connectivity index (χ4v) is 2.56. The van der Waals surface area contributed by atoms with Gasteiger partial charge in [0, 0.05) is 32.3 Å². The Hall–Kier alpha value is -2.16. The van der Waals surface area contributed by atoms with Crippen LogP contribution in [-0.2, 0) is 11.3 Å². The summed E-state index contributed by atoms with van der Waals surface area (Å²) in [6.07, 6.45) is 0.333. The number of carbonyl (C=O) groups excluding carboxylic acids is 1. The molecule has 0 aliphatic rings. The molecule has 7 heteroatoms. The lowest BCUT2D eigenvalue weighted by molar-refractivity contribution is -0.116. The minimum atomic E-state index is -0.0829. The van der Waals surface area contributed by atoms with Crippen molar-refractivity contribution >= 4 is 41.7 Å². The van der Waals surface area contributed by atoms with Crippen molar-refractivity contribution in [3.63, 3.8) is 0 Å². The molecule has 0 saturated heterocycles. The summed E-state index contributed by atoms with van der Waals surface area (Å²) < 4.78 is 0. The smallest absolute Gasteiger partial charge is 0.227 e. The molecule has 1 aromatic carbocycles. The number of hydrogen-bond donors (Lipinski definition) is 3. The summed E-state index contributed by atoms with van der Waals surface area (Å²) in [5.41, 5.74) is 4.60. The lowest BCUT2D eigenvalue weighted by atomic mass is 10.1. The summed E-state index contributed by atoms with van der Waals surface area (Å²) in [6, 6.07) is 11.9. The van der Waals surface area contributed by atoms with Gasteiger partial charge in [-0.1, -0.05) is 29.8 Å². The monoisotopic (exact) mass is 481 g/mol. The number of halogens is 1. The highest BCUT2D eigenvalue weighted by Crippen LogP contribution is 2.10. The Bertz CT molecular complexity index is 792. The molecule has 0 bridgehead atoms. The summed E-state index contributed by atoms with van der Waals surface area (Å²) >= 11 is 0. The van der Waals surface area contributed by atoms with E-state index in [-0.39, 0.29) is 29.9 Å². The van der Waals surface area contributed by atoms with E-state index in [9.17, 15) is 4.79 Å². The van der Waals surface area contributed by atoms with E-state index in [0.29, 0.717) is 31.3 Å². The van der Waals surface area contributed by atoms with Gasteiger partial charge in [-0.15, -0.1) is 24.0 Å². The highest BCUT2D eigenvalue weighted by Gasteiger charge is 2.05. The highest BCUT2D eigenvalue weighted by atomic mass is 127. The number of aromatic nitrogens is 1. The van der Waals surface area contributed by atoms with Gasteiger partial charge in [0.05, 0.1) is 0 Å². The number of anilines is 1. The SMILES string of the molecule is CN=C(NCCC(=O)Nc1cccc(C)n1)NCc1ccc(C)cc1C.I. The standard InChI is InChI=1S/C20H27N5O.HI/c1-14-8-9-17(15(2)12-14)13-23-20(21-4)22-11-10-19(26)25-18-7-5-6-16(3)24-18;/h5-9,12H,10-11,13H2,1-4H3,(H2,21,22,23)(H,24,25,26);1H. The van der Waals surface area contributed by atoms with Gasteiger partial charge in [0.25, 0.3) is 0 Å². The first-order chi connectivity index (χ1) is 12.5. The van der Waals surface area contributed by atoms with Crippen LogP contribution in [0.2, 0.25) is 0 Å². The second kappa shape index (κ2) is 11.5. The maximum atomic E-state index is 12.0. The maximum Gasteiger partial charge on any atom is 0.227 e. The average molecular weight is 481 g/mol. The van der Waals surface area contributed by atoms with Crippen LogP contribution >= 0.6 is 24.0 Å². The third kappa shape index (κ3) is 7.94. The van der Waals surface area contributed by atoms with Gasteiger partial charge >= 0.3 is 0 Å². The summed E-state index contributed by atoms with van der Waals surface area (Å²) in [4.78, 5) is 20.5. The molecular weight excluding hydrogens is 453 g/mol. The van der Waals surface area contributed by atoms with E-state index >= 15 is 0 Å². The molecule has 146 valence electrons. The first-order valence-electron chi connectivity index (χ1n) is 8.72. The minimum Gasteiger partial charge on any atom is -0.356 e. The predicted octanol–water partition coefficient (Wildman–Crippen LogP) is 3.32. The van der Waals surface area contributed by atoms with Crippen molar-refractivity contribution in [3.05, 3.63) is 58.8 Å². The Morgan fingerprint density at radius 1 is 1.11 bits per heavy atom. The van der Waals surface area contributed by atoms with E-state index in [1.165, 1.54) is 16.7 Å². The highest BCUT2D eigenvalue weighted by molar-refractivity contribution is 14.0. The number of pyridine rings is 1. The second-order valence-corrected chi connectivity index (χ2v) is 6.24. The fourth-order valence-electron chi connectivity index (χ4n) is 2.56. The molecule has 2 rings (SSSR count). The average Bonchev–Trinajstić information content (AvgIpc) is 2.59. The first-order valence-corrected chi connectivity index (χ1v) is 8.72. The molecule has 0 atom stereocenters. The molecular formula is C20H28IN5O. The van der Waals surface area contributed by atoms with Gasteiger partial charge in [-0.2, -0.15) is 0 Å². The van der Waals surface area contributed by atoms with Gasteiger partial charge in [-0.05, 0) is 44.0 Å². The van der Waals surface area contributed by atoms with Crippen LogP contribution < -0.4 is 16.0 Å². The first kappa shape index (κ1) is 22.9. The van der Waals surface area contributed by atoms with Gasteiger partial charge in [-0.3, -0.25) is 9.79 Å². The summed E-state index contributed by atoms with van der Waals surface area (Å²) in [5.74, 6) is 1.17. The molecule has 0 radical (unpaired) electrons. The number of benzene rings is 1. The van der Waals surface area contributed by atoms with Gasteiger partial charge in [0.1, 0.15) is 5.82 Å². The number of rotatable bonds is 6. The third-order valence-corrected chi connectivity index (χ3v) is 3.97. The van der Waals surface area contributed by atoms with Crippen molar-refractivity contribution in [3.8, 4) is 0 Å². The fraction of sp³-hybridized carbons (Fsp3) is 0.350. The number of nitrogens with zero attached hydrogens (tertiary/aromatic N) is 2. The lowest BCUT2D eigenvalue weighted by Gasteiger charge is -2.13. The van der Waals surface area contributed by atoms with E-state index < -0.39 is 0 Å². The van der Waals surface area contributed by atoms with Crippen molar-refractivity contribution in [2.75, 3.05) is 18.9 Å². The van der Waals surface area contributed by atoms with Crippen molar-refractivity contribution in [2.45, 2.75) is 33.7 Å². The summed E-state index contributed by atoms with van der Waals surface area (Å²) in [7, 11) is 1.72. The molecule has 0 aliphatic heterocycles. The molecule has 0 aliphatic carbocycles. The summed E-state index contributed by atoms with van der Waals surface area (Å²) in [5, 5.41) is 9.22. The van der Waals surface area contributed by atoms with Crippen LogP contribution in [0, 0.1) is 20.8 Å². The largest absolute Gasteiger partial charge is 0.356 e. The lowest BCUT2D eigenvalue weighted by Crippen LogP contribution is -2.38. The van der Waals surface area contributed by atoms with Gasteiger partial charge < -0.3 is 16.0 Å². The Labute approximate surface area is 178 Å². The van der Waals surface area contributed by atoms with Crippen molar-refractivity contribution in [1.29, 1.82) is 0 Å². The third-order valence-electron chi connectivity index (χ3n) is 3.97. The topological polar surface area (TPSA) is 78.4 Å². The number of nitrogens with one attached hydrogen (secondary N) is 3. The van der Waals surface area contributed by atoms with Gasteiger partial charge in [-0.25, -0.2) is 4.98 Å². The van der Waals surface area contributed by atoms with Crippen LogP contribution in [-0.4, -0.2) is 30.4 Å². The zero-order chi connectivity index (χ0) is 18.9. The summed E-state index contributed by atoms with van der Waals surface area (Å²) in [6.45, 7) is 7.25. The molecule has 6 nitrogen and oxygen atoms in total. The number of aliphatic imine (C=N–C) groups is 1. The molecule has 0 saturated carbocycles. The van der Waals surface area contributed by atoms with E-state index in [0.717, 1.165) is 5.69 Å². The van der Waals surface area contributed by atoms with Gasteiger partial charge in [0.2, 0.25) is 5.91 Å². The Balaban J connectivity index is 0.00000364. The van der Waals surface area contributed by atoms with E-state index in [1.54, 1.807) is 13.1 Å². The van der Waals surface area contributed by atoms with Crippen LogP contribution in [0.25, 0.3) is 0 Å². The van der Waals surface area contributed by atoms with E-state index in [4.69, 9.17) is 0 Å². The molecule has 1 amide bonds. The second-order valence-electron chi connectivity index (χ2n) is 6.24. The minimum absolute atomic E-state index is 0. The quantitative estimate of drug-likeness (QED) is 0.336. The zero-order valence-corrected chi connectivity index (χ0v) is 18.6. The van der Waals surface area contributed by atoms with Crippen LogP contribution in [0.1, 0.15) is 28.8 Å². The zero-order valence-electron chi connectivity index (χ0n) is 16.3. The number of amides is 1. The van der Waals surface area contributed by atoms with Crippen molar-refractivity contribution < 1.29 is 4.79 Å². The molecule has 27 heavy (non-hydrogen) atoms. The van der Waals surface area contributed by atoms with E-state index in [1.807, 2.05) is 19.1 Å².